The minimum absolute atomic E-state index is 0.0394. The van der Waals surface area contributed by atoms with Crippen molar-refractivity contribution in [2.45, 2.75) is 84.2 Å². The fourth-order valence-corrected chi connectivity index (χ4v) is 7.73. The Morgan fingerprint density at radius 3 is 2.32 bits per heavy atom. The number of rotatable bonds is 6. The van der Waals surface area contributed by atoms with Crippen molar-refractivity contribution in [2.75, 3.05) is 6.61 Å². The van der Waals surface area contributed by atoms with Crippen LogP contribution in [0.5, 0.6) is 0 Å². The summed E-state index contributed by atoms with van der Waals surface area (Å²) in [6.45, 7) is 7.25. The number of esters is 2. The number of hydrogen-bond donors (Lipinski definition) is 0. The molecule has 0 aromatic heterocycles. The fourth-order valence-electron chi connectivity index (χ4n) is 7.73. The normalized spacial score (nSPS) is 42.3. The molecule has 0 radical (unpaired) electrons. The molecule has 8 atom stereocenters. The monoisotopic (exact) mass is 520 g/mol. The molecule has 37 heavy (non-hydrogen) atoms. The molecule has 3 fully saturated rings. The van der Waals surface area contributed by atoms with Gasteiger partial charge in [0.15, 0.2) is 29.4 Å². The van der Waals surface area contributed by atoms with E-state index in [9.17, 15) is 24.0 Å². The van der Waals surface area contributed by atoms with Gasteiger partial charge in [-0.1, -0.05) is 33.8 Å². The van der Waals surface area contributed by atoms with Crippen molar-refractivity contribution in [2.24, 2.45) is 28.6 Å². The highest BCUT2D eigenvalue weighted by Crippen LogP contribution is 2.70. The first-order valence-electron chi connectivity index (χ1n) is 12.9. The third-order valence-electron chi connectivity index (χ3n) is 9.56. The van der Waals surface area contributed by atoms with Crippen LogP contribution < -0.4 is 0 Å². The van der Waals surface area contributed by atoms with Gasteiger partial charge in [0.25, 0.3) is 0 Å². The van der Waals surface area contributed by atoms with Gasteiger partial charge in [0.05, 0.1) is 5.41 Å². The molecule has 0 N–H and O–H groups in total. The van der Waals surface area contributed by atoms with E-state index in [1.54, 1.807) is 27.7 Å². The Hall–Kier alpha value is -2.71. The maximum atomic E-state index is 17.3. The summed E-state index contributed by atoms with van der Waals surface area (Å²) < 4.78 is 43.8. The van der Waals surface area contributed by atoms with Gasteiger partial charge in [-0.15, -0.1) is 0 Å². The second kappa shape index (κ2) is 8.95. The Bertz CT molecular complexity index is 1130. The average molecular weight is 521 g/mol. The predicted molar refractivity (Wildman–Crippen MR) is 128 cm³/mol. The van der Waals surface area contributed by atoms with E-state index < -0.39 is 88.3 Å². The lowest BCUT2D eigenvalue weighted by Crippen LogP contribution is -2.69. The van der Waals surface area contributed by atoms with Crippen molar-refractivity contribution in [3.8, 4) is 0 Å². The fraction of sp³-hybridized carbons (Fsp3) is 0.679. The van der Waals surface area contributed by atoms with E-state index in [0.29, 0.717) is 0 Å². The Kier molecular flexibility index (Phi) is 6.61. The van der Waals surface area contributed by atoms with Crippen LogP contribution >= 0.6 is 0 Å². The van der Waals surface area contributed by atoms with E-state index >= 15 is 8.78 Å². The van der Waals surface area contributed by atoms with E-state index in [1.165, 1.54) is 13.0 Å². The van der Waals surface area contributed by atoms with Gasteiger partial charge in [-0.2, -0.15) is 0 Å². The van der Waals surface area contributed by atoms with E-state index in [2.05, 4.69) is 0 Å². The highest BCUT2D eigenvalue weighted by molar-refractivity contribution is 6.03. The SMILES string of the molecule is CCC(=O)OCC(=O)[C@@]1(OC(=O)CC)[C@@H](C)CC2C3C[C@@H](F)C4=CC(=O)C=C[C@]4(C)[C@@]3(F)C(=O)CC21C. The molecule has 202 valence electrons. The Morgan fingerprint density at radius 2 is 1.70 bits per heavy atom. The molecule has 9 heteroatoms. The van der Waals surface area contributed by atoms with Crippen molar-refractivity contribution < 1.29 is 42.2 Å². The largest absolute Gasteiger partial charge is 0.457 e. The molecule has 0 aromatic carbocycles. The van der Waals surface area contributed by atoms with Crippen LogP contribution in [0.25, 0.3) is 0 Å². The zero-order valence-corrected chi connectivity index (χ0v) is 21.9. The topological polar surface area (TPSA) is 104 Å². The first-order valence-corrected chi connectivity index (χ1v) is 12.9. The molecule has 3 unspecified atom stereocenters. The van der Waals surface area contributed by atoms with Gasteiger partial charge in [-0.25, -0.2) is 8.78 Å². The van der Waals surface area contributed by atoms with Crippen molar-refractivity contribution in [1.82, 2.24) is 0 Å². The van der Waals surface area contributed by atoms with Crippen molar-refractivity contribution in [3.05, 3.63) is 23.8 Å². The van der Waals surface area contributed by atoms with Crippen molar-refractivity contribution >= 4 is 29.3 Å². The summed E-state index contributed by atoms with van der Waals surface area (Å²) in [5.41, 5.74) is -7.41. The van der Waals surface area contributed by atoms with Crippen molar-refractivity contribution in [3.63, 3.8) is 0 Å². The maximum absolute atomic E-state index is 17.3. The Balaban J connectivity index is 1.84. The molecule has 7 nitrogen and oxygen atoms in total. The molecule has 0 spiro atoms. The van der Waals surface area contributed by atoms with Crippen LogP contribution in [0, 0.1) is 28.6 Å². The van der Waals surface area contributed by atoms with E-state index in [-0.39, 0.29) is 31.3 Å². The van der Waals surface area contributed by atoms with Gasteiger partial charge in [0.1, 0.15) is 6.17 Å². The minimum atomic E-state index is -2.51. The lowest BCUT2D eigenvalue weighted by molar-refractivity contribution is -0.205. The van der Waals surface area contributed by atoms with Crippen LogP contribution in [-0.2, 0) is 33.4 Å². The number of hydrogen-bond acceptors (Lipinski definition) is 7. The van der Waals surface area contributed by atoms with Crippen LogP contribution in [0.4, 0.5) is 8.78 Å². The highest BCUT2D eigenvalue weighted by Gasteiger charge is 2.78. The lowest BCUT2D eigenvalue weighted by atomic mass is 9.44. The van der Waals surface area contributed by atoms with Crippen LogP contribution in [0.3, 0.4) is 0 Å². The second-order valence-electron chi connectivity index (χ2n) is 11.3. The molecule has 0 aromatic rings. The van der Waals surface area contributed by atoms with E-state index in [1.807, 2.05) is 0 Å². The first-order chi connectivity index (χ1) is 17.2. The highest BCUT2D eigenvalue weighted by atomic mass is 19.1. The van der Waals surface area contributed by atoms with Gasteiger partial charge in [0.2, 0.25) is 5.78 Å². The van der Waals surface area contributed by atoms with Crippen molar-refractivity contribution in [1.29, 1.82) is 0 Å². The quantitative estimate of drug-likeness (QED) is 0.488. The lowest BCUT2D eigenvalue weighted by Gasteiger charge is -2.60. The molecular weight excluding hydrogens is 486 g/mol. The van der Waals surface area contributed by atoms with Crippen LogP contribution in [-0.4, -0.2) is 53.3 Å². The molecule has 0 saturated heterocycles. The average Bonchev–Trinajstić information content (AvgIpc) is 3.07. The second-order valence-corrected chi connectivity index (χ2v) is 11.3. The zero-order valence-electron chi connectivity index (χ0n) is 21.9. The number of carbonyl (C=O) groups is 5. The number of carbonyl (C=O) groups excluding carboxylic acids is 5. The van der Waals surface area contributed by atoms with E-state index in [0.717, 1.165) is 12.2 Å². The van der Waals surface area contributed by atoms with Crippen LogP contribution in [0.1, 0.15) is 66.7 Å². The molecule has 4 aliphatic rings. The van der Waals surface area contributed by atoms with Gasteiger partial charge in [0, 0.05) is 36.5 Å². The van der Waals surface area contributed by atoms with Gasteiger partial charge in [-0.3, -0.25) is 24.0 Å². The van der Waals surface area contributed by atoms with E-state index in [4.69, 9.17) is 9.47 Å². The molecule has 0 bridgehead atoms. The molecule has 4 aliphatic carbocycles. The first kappa shape index (κ1) is 27.3. The number of ketones is 3. The number of alkyl halides is 2. The van der Waals surface area contributed by atoms with Gasteiger partial charge >= 0.3 is 11.9 Å². The maximum Gasteiger partial charge on any atom is 0.306 e. The molecule has 0 aliphatic heterocycles. The number of ether oxygens (including phenoxy) is 2. The molecule has 0 heterocycles. The van der Waals surface area contributed by atoms with Gasteiger partial charge in [-0.05, 0) is 43.4 Å². The molecule has 4 rings (SSSR count). The Labute approximate surface area is 215 Å². The summed E-state index contributed by atoms with van der Waals surface area (Å²) >= 11 is 0. The summed E-state index contributed by atoms with van der Waals surface area (Å²) in [4.78, 5) is 64.0. The third kappa shape index (κ3) is 3.52. The third-order valence-corrected chi connectivity index (χ3v) is 9.56. The number of halogens is 2. The van der Waals surface area contributed by atoms with Gasteiger partial charge < -0.3 is 9.47 Å². The predicted octanol–water partition coefficient (Wildman–Crippen LogP) is 3.97. The Morgan fingerprint density at radius 1 is 1.05 bits per heavy atom. The molecule has 0 amide bonds. The number of Topliss-reactive ketones (excluding diaryl/α,β-unsaturated/α-hetero) is 2. The smallest absolute Gasteiger partial charge is 0.306 e. The summed E-state index contributed by atoms with van der Waals surface area (Å²) in [7, 11) is 0. The summed E-state index contributed by atoms with van der Waals surface area (Å²) in [5, 5.41) is 0. The number of allylic oxidation sites excluding steroid dienone is 4. The molecular formula is C28H34F2O7. The summed E-state index contributed by atoms with van der Waals surface area (Å²) in [5.74, 6) is -5.70. The molecule has 3 saturated carbocycles. The summed E-state index contributed by atoms with van der Waals surface area (Å²) in [6, 6.07) is 0. The zero-order chi connectivity index (χ0) is 27.6. The van der Waals surface area contributed by atoms with Crippen LogP contribution in [0.2, 0.25) is 0 Å². The van der Waals surface area contributed by atoms with Crippen LogP contribution in [0.15, 0.2) is 23.8 Å². The standard InChI is InChI=1S/C28H34F2O7/c1-6-23(34)36-14-22(33)28(37-24(35)7-2)15(3)10-17-18-12-20(29)19-11-16(31)8-9-25(19,4)27(18,30)21(32)13-26(17,28)5/h8-9,11,15,17-18,20H,6-7,10,12-14H2,1-5H3/t15-,17?,18?,20+,25-,26?,27-,28-/m0/s1. The number of fused-ring (bicyclic) bond motifs is 5. The summed E-state index contributed by atoms with van der Waals surface area (Å²) in [6.07, 6.45) is 1.31. The minimum Gasteiger partial charge on any atom is -0.457 e.